The third kappa shape index (κ3) is 3.31. The second-order valence-electron chi connectivity index (χ2n) is 4.65. The van der Waals surface area contributed by atoms with Crippen molar-refractivity contribution in [3.63, 3.8) is 0 Å². The summed E-state index contributed by atoms with van der Waals surface area (Å²) >= 11 is 9.43. The van der Waals surface area contributed by atoms with E-state index >= 15 is 0 Å². The molecular weight excluding hydrogens is 356 g/mol. The summed E-state index contributed by atoms with van der Waals surface area (Å²) in [6.07, 6.45) is 0. The van der Waals surface area contributed by atoms with Crippen molar-refractivity contribution in [2.75, 3.05) is 17.2 Å². The number of rotatable bonds is 3. The van der Waals surface area contributed by atoms with Crippen molar-refractivity contribution in [2.45, 2.75) is 6.54 Å². The highest BCUT2D eigenvalue weighted by Crippen LogP contribution is 2.30. The normalized spacial score (nSPS) is 13.1. The zero-order valence-corrected chi connectivity index (χ0v) is 13.3. The number of hydrogen-bond donors (Lipinski definition) is 2. The molecule has 4 nitrogen and oxygen atoms in total. The molecule has 0 bridgehead atoms. The molecule has 6 heteroatoms. The Morgan fingerprint density at radius 3 is 2.95 bits per heavy atom. The summed E-state index contributed by atoms with van der Waals surface area (Å²) in [4.78, 5) is 11.3. The minimum absolute atomic E-state index is 0.0666. The lowest BCUT2D eigenvalue weighted by atomic mass is 10.2. The van der Waals surface area contributed by atoms with E-state index in [0.717, 1.165) is 15.7 Å². The van der Waals surface area contributed by atoms with Gasteiger partial charge in [-0.05, 0) is 51.8 Å². The number of hydrogen-bond acceptors (Lipinski definition) is 3. The summed E-state index contributed by atoms with van der Waals surface area (Å²) in [6, 6.07) is 11.4. The monoisotopic (exact) mass is 366 g/mol. The summed E-state index contributed by atoms with van der Waals surface area (Å²) in [5.74, 6) is 0.547. The fraction of sp³-hybridized carbons (Fsp3) is 0.133. The van der Waals surface area contributed by atoms with Gasteiger partial charge in [-0.25, -0.2) is 0 Å². The number of benzene rings is 2. The van der Waals surface area contributed by atoms with Gasteiger partial charge in [0.2, 0.25) is 0 Å². The third-order valence-electron chi connectivity index (χ3n) is 3.09. The lowest BCUT2D eigenvalue weighted by molar-refractivity contribution is -0.118. The van der Waals surface area contributed by atoms with Gasteiger partial charge in [-0.2, -0.15) is 0 Å². The van der Waals surface area contributed by atoms with Gasteiger partial charge in [0.15, 0.2) is 6.61 Å². The largest absolute Gasteiger partial charge is 0.482 e. The molecule has 3 rings (SSSR count). The number of halogens is 2. The Balaban J connectivity index is 1.72. The number of amides is 1. The van der Waals surface area contributed by atoms with Gasteiger partial charge in [-0.15, -0.1) is 0 Å². The average molecular weight is 368 g/mol. The Morgan fingerprint density at radius 1 is 1.29 bits per heavy atom. The van der Waals surface area contributed by atoms with Crippen LogP contribution in [0.1, 0.15) is 5.56 Å². The van der Waals surface area contributed by atoms with Crippen LogP contribution in [0.15, 0.2) is 40.9 Å². The molecule has 0 spiro atoms. The van der Waals surface area contributed by atoms with Crippen molar-refractivity contribution in [2.24, 2.45) is 0 Å². The van der Waals surface area contributed by atoms with Crippen LogP contribution in [0.5, 0.6) is 5.75 Å². The van der Waals surface area contributed by atoms with Crippen molar-refractivity contribution in [1.29, 1.82) is 0 Å². The number of carbonyl (C=O) groups is 1. The van der Waals surface area contributed by atoms with Crippen LogP contribution in [0.4, 0.5) is 11.4 Å². The molecular formula is C15H12BrClN2O2. The molecule has 0 radical (unpaired) electrons. The fourth-order valence-electron chi connectivity index (χ4n) is 2.05. The molecule has 2 aromatic carbocycles. The van der Waals surface area contributed by atoms with Crippen molar-refractivity contribution >= 4 is 44.8 Å². The molecule has 1 aliphatic rings. The summed E-state index contributed by atoms with van der Waals surface area (Å²) in [5, 5.41) is 6.76. The Morgan fingerprint density at radius 2 is 2.14 bits per heavy atom. The van der Waals surface area contributed by atoms with E-state index < -0.39 is 0 Å². The van der Waals surface area contributed by atoms with E-state index in [1.54, 1.807) is 0 Å². The van der Waals surface area contributed by atoms with E-state index in [9.17, 15) is 4.79 Å². The highest BCUT2D eigenvalue weighted by atomic mass is 79.9. The van der Waals surface area contributed by atoms with E-state index in [1.165, 1.54) is 0 Å². The smallest absolute Gasteiger partial charge is 0.262 e. The van der Waals surface area contributed by atoms with Gasteiger partial charge in [0.25, 0.3) is 5.91 Å². The highest BCUT2D eigenvalue weighted by Gasteiger charge is 2.15. The molecule has 2 N–H and O–H groups in total. The minimum Gasteiger partial charge on any atom is -0.482 e. The van der Waals surface area contributed by atoms with Crippen LogP contribution in [0.25, 0.3) is 0 Å². The summed E-state index contributed by atoms with van der Waals surface area (Å²) in [5.41, 5.74) is 2.66. The van der Waals surface area contributed by atoms with Crippen LogP contribution in [-0.2, 0) is 11.3 Å². The molecule has 0 aliphatic carbocycles. The summed E-state index contributed by atoms with van der Waals surface area (Å²) in [6.45, 7) is 0.706. The van der Waals surface area contributed by atoms with Crippen LogP contribution in [0.3, 0.4) is 0 Å². The fourth-order valence-corrected chi connectivity index (χ4v) is 2.50. The van der Waals surface area contributed by atoms with Gasteiger partial charge in [0.1, 0.15) is 5.75 Å². The zero-order valence-electron chi connectivity index (χ0n) is 11.0. The molecule has 0 saturated heterocycles. The molecule has 0 aromatic heterocycles. The van der Waals surface area contributed by atoms with E-state index in [0.29, 0.717) is 23.0 Å². The molecule has 2 aromatic rings. The van der Waals surface area contributed by atoms with Crippen LogP contribution in [0.2, 0.25) is 5.02 Å². The second-order valence-corrected chi connectivity index (χ2v) is 5.91. The van der Waals surface area contributed by atoms with Crippen molar-refractivity contribution < 1.29 is 9.53 Å². The molecule has 108 valence electrons. The maximum absolute atomic E-state index is 11.3. The van der Waals surface area contributed by atoms with Crippen molar-refractivity contribution in [1.82, 2.24) is 0 Å². The lowest BCUT2D eigenvalue weighted by Crippen LogP contribution is -2.25. The number of ether oxygens (including phenoxy) is 1. The summed E-state index contributed by atoms with van der Waals surface area (Å²) < 4.78 is 6.20. The van der Waals surface area contributed by atoms with Crippen molar-refractivity contribution in [3.05, 3.63) is 51.5 Å². The van der Waals surface area contributed by atoms with Gasteiger partial charge in [0.05, 0.1) is 10.7 Å². The first kappa shape index (κ1) is 14.2. The van der Waals surface area contributed by atoms with Gasteiger partial charge in [0, 0.05) is 16.7 Å². The number of carbonyl (C=O) groups excluding carboxylic acids is 1. The Kier molecular flexibility index (Phi) is 4.03. The predicted molar refractivity (Wildman–Crippen MR) is 87.0 cm³/mol. The maximum atomic E-state index is 11.3. The molecule has 0 unspecified atom stereocenters. The molecule has 0 atom stereocenters. The zero-order chi connectivity index (χ0) is 14.8. The first-order valence-electron chi connectivity index (χ1n) is 6.36. The first-order valence-corrected chi connectivity index (χ1v) is 7.53. The van der Waals surface area contributed by atoms with Crippen molar-refractivity contribution in [3.8, 4) is 5.75 Å². The van der Waals surface area contributed by atoms with E-state index in [2.05, 4.69) is 26.6 Å². The topological polar surface area (TPSA) is 50.4 Å². The predicted octanol–water partition coefficient (Wildman–Crippen LogP) is 4.05. The lowest BCUT2D eigenvalue weighted by Gasteiger charge is -2.19. The van der Waals surface area contributed by atoms with Gasteiger partial charge in [-0.3, -0.25) is 4.79 Å². The van der Waals surface area contributed by atoms with Crippen LogP contribution in [0, 0.1) is 0 Å². The highest BCUT2D eigenvalue weighted by molar-refractivity contribution is 9.10. The quantitative estimate of drug-likeness (QED) is 0.860. The second kappa shape index (κ2) is 5.95. The molecule has 0 fully saturated rings. The van der Waals surface area contributed by atoms with Gasteiger partial charge >= 0.3 is 0 Å². The Hall–Kier alpha value is -1.72. The maximum Gasteiger partial charge on any atom is 0.262 e. The van der Waals surface area contributed by atoms with Crippen LogP contribution < -0.4 is 15.4 Å². The molecule has 21 heavy (non-hydrogen) atoms. The number of fused-ring (bicyclic) bond motifs is 1. The number of nitrogens with one attached hydrogen (secondary N) is 2. The average Bonchev–Trinajstić information content (AvgIpc) is 2.48. The molecule has 1 heterocycles. The summed E-state index contributed by atoms with van der Waals surface area (Å²) in [7, 11) is 0. The molecule has 1 amide bonds. The van der Waals surface area contributed by atoms with Gasteiger partial charge in [-0.1, -0.05) is 17.7 Å². The van der Waals surface area contributed by atoms with E-state index in [4.69, 9.17) is 16.3 Å². The molecule has 1 aliphatic heterocycles. The minimum atomic E-state index is -0.139. The van der Waals surface area contributed by atoms with E-state index in [-0.39, 0.29) is 12.5 Å². The standard InChI is InChI=1S/C15H12BrClN2O2/c16-11-3-1-9(5-12(11)17)7-18-10-2-4-14-13(6-10)19-15(20)8-21-14/h1-6,18H,7-8H2,(H,19,20). The first-order chi connectivity index (χ1) is 10.1. The third-order valence-corrected chi connectivity index (χ3v) is 4.33. The van der Waals surface area contributed by atoms with Gasteiger partial charge < -0.3 is 15.4 Å². The number of anilines is 2. The van der Waals surface area contributed by atoms with Crippen LogP contribution >= 0.6 is 27.5 Å². The van der Waals surface area contributed by atoms with Crippen LogP contribution in [-0.4, -0.2) is 12.5 Å². The Bertz CT molecular complexity index is 706. The Labute approximate surface area is 135 Å². The SMILES string of the molecule is O=C1COc2ccc(NCc3ccc(Br)c(Cl)c3)cc2N1. The van der Waals surface area contributed by atoms with E-state index in [1.807, 2.05) is 36.4 Å². The molecule has 0 saturated carbocycles.